The zero-order valence-electron chi connectivity index (χ0n) is 6.90. The van der Waals surface area contributed by atoms with Crippen molar-refractivity contribution in [2.24, 2.45) is 0 Å². The Bertz CT molecular complexity index is 450. The summed E-state index contributed by atoms with van der Waals surface area (Å²) < 4.78 is 31.2. The second kappa shape index (κ2) is 2.73. The minimum atomic E-state index is -0.542. The number of rotatable bonds is 1. The van der Waals surface area contributed by atoms with Gasteiger partial charge in [0.1, 0.15) is 0 Å². The number of fused-ring (bicyclic) bond motifs is 1. The summed E-state index contributed by atoms with van der Waals surface area (Å²) in [5.74, 6) is -1.14. The third-order valence-corrected chi connectivity index (χ3v) is 1.92. The fraction of sp³-hybridized carbons (Fsp3) is 0.111. The minimum Gasteiger partial charge on any atom is -0.494 e. The number of hydrogen-bond donors (Lipinski definition) is 1. The molecule has 0 aliphatic rings. The Labute approximate surface area is 73.1 Å². The fourth-order valence-corrected chi connectivity index (χ4v) is 1.28. The zero-order chi connectivity index (χ0) is 9.42. The molecule has 0 radical (unpaired) electrons. The molecule has 0 saturated heterocycles. The van der Waals surface area contributed by atoms with E-state index in [1.54, 1.807) is 0 Å². The van der Waals surface area contributed by atoms with Gasteiger partial charge >= 0.3 is 0 Å². The highest BCUT2D eigenvalue weighted by Gasteiger charge is 2.12. The molecule has 0 fully saturated rings. The molecule has 0 bridgehead atoms. The summed E-state index contributed by atoms with van der Waals surface area (Å²) in [7, 11) is 1.30. The van der Waals surface area contributed by atoms with E-state index in [1.165, 1.54) is 19.4 Å². The first-order valence-electron chi connectivity index (χ1n) is 3.73. The molecule has 0 amide bonds. The molecule has 1 heterocycles. The Hall–Kier alpha value is -1.58. The van der Waals surface area contributed by atoms with Gasteiger partial charge in [0, 0.05) is 17.6 Å². The van der Waals surface area contributed by atoms with Gasteiger partial charge < -0.3 is 9.72 Å². The van der Waals surface area contributed by atoms with E-state index >= 15 is 0 Å². The molecule has 13 heavy (non-hydrogen) atoms. The Balaban J connectivity index is 2.85. The van der Waals surface area contributed by atoms with Crippen LogP contribution in [0.15, 0.2) is 18.3 Å². The normalized spacial score (nSPS) is 10.7. The number of H-pyrrole nitrogens is 1. The van der Waals surface area contributed by atoms with Gasteiger partial charge in [-0.25, -0.2) is 8.78 Å². The van der Waals surface area contributed by atoms with E-state index < -0.39 is 11.6 Å². The average molecular weight is 183 g/mol. The Morgan fingerprint density at radius 1 is 1.38 bits per heavy atom. The van der Waals surface area contributed by atoms with Gasteiger partial charge in [0.25, 0.3) is 0 Å². The molecule has 2 rings (SSSR count). The second-order valence-electron chi connectivity index (χ2n) is 2.64. The van der Waals surface area contributed by atoms with Crippen molar-refractivity contribution in [3.05, 3.63) is 30.0 Å². The van der Waals surface area contributed by atoms with Crippen LogP contribution in [0.2, 0.25) is 0 Å². The lowest BCUT2D eigenvalue weighted by atomic mass is 10.2. The van der Waals surface area contributed by atoms with Crippen LogP contribution in [-0.2, 0) is 0 Å². The summed E-state index contributed by atoms with van der Waals surface area (Å²) in [5.41, 5.74) is 0.165. The van der Waals surface area contributed by atoms with Crippen LogP contribution < -0.4 is 4.74 Å². The van der Waals surface area contributed by atoms with E-state index in [2.05, 4.69) is 9.72 Å². The van der Waals surface area contributed by atoms with Gasteiger partial charge in [-0.3, -0.25) is 0 Å². The zero-order valence-corrected chi connectivity index (χ0v) is 6.90. The molecule has 0 saturated carbocycles. The van der Waals surface area contributed by atoms with Crippen LogP contribution in [0.4, 0.5) is 8.78 Å². The van der Waals surface area contributed by atoms with Crippen molar-refractivity contribution in [2.75, 3.05) is 7.11 Å². The molecule has 0 unspecified atom stereocenters. The first-order valence-corrected chi connectivity index (χ1v) is 3.73. The van der Waals surface area contributed by atoms with Crippen LogP contribution in [0.3, 0.4) is 0 Å². The van der Waals surface area contributed by atoms with Crippen molar-refractivity contribution in [3.63, 3.8) is 0 Å². The van der Waals surface area contributed by atoms with Crippen LogP contribution >= 0.6 is 0 Å². The van der Waals surface area contributed by atoms with Gasteiger partial charge in [-0.05, 0) is 6.07 Å². The van der Waals surface area contributed by atoms with Crippen molar-refractivity contribution in [2.45, 2.75) is 0 Å². The molecule has 0 atom stereocenters. The number of halogens is 2. The van der Waals surface area contributed by atoms with E-state index in [0.717, 1.165) is 6.07 Å². The summed E-state index contributed by atoms with van der Waals surface area (Å²) in [6, 6.07) is 2.49. The molecular weight excluding hydrogens is 176 g/mol. The number of ether oxygens (including phenoxy) is 1. The Morgan fingerprint density at radius 3 is 2.85 bits per heavy atom. The monoisotopic (exact) mass is 183 g/mol. The van der Waals surface area contributed by atoms with Crippen LogP contribution in [0.25, 0.3) is 10.9 Å². The molecular formula is C9H7F2NO. The lowest BCUT2D eigenvalue weighted by Crippen LogP contribution is -1.90. The maximum atomic E-state index is 13.4. The SMILES string of the molecule is COc1cc(F)c2[nH]ccc2c1F. The molecule has 2 aromatic rings. The molecule has 0 aliphatic heterocycles. The highest BCUT2D eigenvalue weighted by atomic mass is 19.1. The molecule has 1 N–H and O–H groups in total. The van der Waals surface area contributed by atoms with Crippen molar-refractivity contribution in [3.8, 4) is 5.75 Å². The van der Waals surface area contributed by atoms with Gasteiger partial charge in [-0.2, -0.15) is 0 Å². The van der Waals surface area contributed by atoms with Crippen molar-refractivity contribution < 1.29 is 13.5 Å². The molecule has 1 aromatic carbocycles. The molecule has 68 valence electrons. The number of aromatic nitrogens is 1. The van der Waals surface area contributed by atoms with E-state index in [-0.39, 0.29) is 16.7 Å². The van der Waals surface area contributed by atoms with Crippen molar-refractivity contribution in [1.82, 2.24) is 4.98 Å². The number of benzene rings is 1. The van der Waals surface area contributed by atoms with E-state index in [0.29, 0.717) is 0 Å². The second-order valence-corrected chi connectivity index (χ2v) is 2.64. The quantitative estimate of drug-likeness (QED) is 0.721. The topological polar surface area (TPSA) is 25.0 Å². The first kappa shape index (κ1) is 8.04. The minimum absolute atomic E-state index is 0.0791. The smallest absolute Gasteiger partial charge is 0.174 e. The number of aromatic amines is 1. The van der Waals surface area contributed by atoms with Crippen LogP contribution in [0.1, 0.15) is 0 Å². The van der Waals surface area contributed by atoms with Crippen LogP contribution in [0.5, 0.6) is 5.75 Å². The van der Waals surface area contributed by atoms with Gasteiger partial charge in [0.05, 0.1) is 12.6 Å². The summed E-state index contributed by atoms with van der Waals surface area (Å²) in [4.78, 5) is 2.61. The first-order chi connectivity index (χ1) is 6.24. The van der Waals surface area contributed by atoms with Gasteiger partial charge in [-0.15, -0.1) is 0 Å². The molecule has 4 heteroatoms. The van der Waals surface area contributed by atoms with Crippen molar-refractivity contribution in [1.29, 1.82) is 0 Å². The predicted octanol–water partition coefficient (Wildman–Crippen LogP) is 2.45. The summed E-state index contributed by atoms with van der Waals surface area (Å²) in [5, 5.41) is 0.205. The van der Waals surface area contributed by atoms with E-state index in [4.69, 9.17) is 0 Å². The molecule has 2 nitrogen and oxygen atoms in total. The van der Waals surface area contributed by atoms with Crippen molar-refractivity contribution >= 4 is 10.9 Å². The lowest BCUT2D eigenvalue weighted by Gasteiger charge is -2.02. The molecule has 0 aliphatic carbocycles. The van der Waals surface area contributed by atoms with Gasteiger partial charge in [0.15, 0.2) is 17.4 Å². The van der Waals surface area contributed by atoms with Gasteiger partial charge in [0.2, 0.25) is 0 Å². The summed E-state index contributed by atoms with van der Waals surface area (Å²) in [6.45, 7) is 0. The number of methoxy groups -OCH3 is 1. The largest absolute Gasteiger partial charge is 0.494 e. The van der Waals surface area contributed by atoms with Crippen LogP contribution in [-0.4, -0.2) is 12.1 Å². The highest BCUT2D eigenvalue weighted by molar-refractivity contribution is 5.82. The summed E-state index contributed by atoms with van der Waals surface area (Å²) in [6.07, 6.45) is 1.48. The number of nitrogens with one attached hydrogen (secondary N) is 1. The third kappa shape index (κ3) is 1.06. The maximum Gasteiger partial charge on any atom is 0.174 e. The lowest BCUT2D eigenvalue weighted by molar-refractivity contribution is 0.386. The van der Waals surface area contributed by atoms with E-state index in [9.17, 15) is 8.78 Å². The Kier molecular flexibility index (Phi) is 1.69. The third-order valence-electron chi connectivity index (χ3n) is 1.92. The van der Waals surface area contributed by atoms with E-state index in [1.807, 2.05) is 0 Å². The average Bonchev–Trinajstić information content (AvgIpc) is 2.60. The summed E-state index contributed by atoms with van der Waals surface area (Å²) >= 11 is 0. The maximum absolute atomic E-state index is 13.4. The van der Waals surface area contributed by atoms with Gasteiger partial charge in [-0.1, -0.05) is 0 Å². The standard InChI is InChI=1S/C9H7F2NO/c1-13-7-4-6(10)9-5(8(7)11)2-3-12-9/h2-4,12H,1H3. The molecule has 1 aromatic heterocycles. The Morgan fingerprint density at radius 2 is 2.15 bits per heavy atom. The molecule has 0 spiro atoms. The highest BCUT2D eigenvalue weighted by Crippen LogP contribution is 2.27. The predicted molar refractivity (Wildman–Crippen MR) is 44.8 cm³/mol. The fourth-order valence-electron chi connectivity index (χ4n) is 1.28. The number of hydrogen-bond acceptors (Lipinski definition) is 1. The van der Waals surface area contributed by atoms with Crippen LogP contribution in [0, 0.1) is 11.6 Å².